The van der Waals surface area contributed by atoms with Crippen LogP contribution in [0.25, 0.3) is 0 Å². The summed E-state index contributed by atoms with van der Waals surface area (Å²) in [6.07, 6.45) is 2.23. The van der Waals surface area contributed by atoms with Crippen LogP contribution in [0.4, 0.5) is 0 Å². The van der Waals surface area contributed by atoms with Crippen molar-refractivity contribution in [2.24, 2.45) is 0 Å². The van der Waals surface area contributed by atoms with Gasteiger partial charge in [-0.3, -0.25) is 0 Å². The van der Waals surface area contributed by atoms with E-state index in [0.717, 1.165) is 18.6 Å². The van der Waals surface area contributed by atoms with E-state index in [1.807, 2.05) is 24.3 Å². The maximum Gasteiger partial charge on any atom is 0.217 e. The number of benzene rings is 1. The van der Waals surface area contributed by atoms with Gasteiger partial charge in [0, 0.05) is 18.7 Å². The van der Waals surface area contributed by atoms with Crippen LogP contribution in [0.3, 0.4) is 0 Å². The molecule has 0 spiro atoms. The molecule has 0 fully saturated rings. The van der Waals surface area contributed by atoms with Crippen LogP contribution >= 0.6 is 11.6 Å². The first kappa shape index (κ1) is 12.9. The second-order valence-corrected chi connectivity index (χ2v) is 4.25. The maximum atomic E-state index is 5.61. The van der Waals surface area contributed by atoms with E-state index in [0.29, 0.717) is 24.1 Å². The van der Waals surface area contributed by atoms with Crippen molar-refractivity contribution in [3.8, 4) is 5.75 Å². The molecule has 0 aliphatic carbocycles. The number of aromatic nitrogens is 2. The average molecular weight is 267 g/mol. The summed E-state index contributed by atoms with van der Waals surface area (Å²) < 4.78 is 10.6. The largest absolute Gasteiger partial charge is 0.497 e. The molecule has 1 aromatic heterocycles. The van der Waals surface area contributed by atoms with Crippen molar-refractivity contribution in [3.05, 3.63) is 41.6 Å². The predicted molar refractivity (Wildman–Crippen MR) is 69.1 cm³/mol. The minimum Gasteiger partial charge on any atom is -0.497 e. The molecule has 0 aliphatic heterocycles. The summed E-state index contributed by atoms with van der Waals surface area (Å²) in [6, 6.07) is 7.97. The van der Waals surface area contributed by atoms with Gasteiger partial charge in [-0.1, -0.05) is 12.1 Å². The van der Waals surface area contributed by atoms with Gasteiger partial charge >= 0.3 is 0 Å². The lowest BCUT2D eigenvalue weighted by Crippen LogP contribution is -1.92. The SMILES string of the molecule is COc1ccc(CCc2nnc(CCCl)o2)cc1. The number of halogens is 1. The molecule has 0 bridgehead atoms. The average Bonchev–Trinajstić information content (AvgIpc) is 2.85. The van der Waals surface area contributed by atoms with E-state index in [-0.39, 0.29) is 0 Å². The molecule has 2 rings (SSSR count). The number of aryl methyl sites for hydroxylation is 3. The molecule has 0 aliphatic rings. The van der Waals surface area contributed by atoms with Crippen molar-refractivity contribution in [1.29, 1.82) is 0 Å². The second-order valence-electron chi connectivity index (χ2n) is 3.88. The van der Waals surface area contributed by atoms with Crippen molar-refractivity contribution in [2.75, 3.05) is 13.0 Å². The van der Waals surface area contributed by atoms with Crippen LogP contribution < -0.4 is 4.74 Å². The summed E-state index contributed by atoms with van der Waals surface area (Å²) in [5.74, 6) is 2.63. The first-order chi connectivity index (χ1) is 8.81. The quantitative estimate of drug-likeness (QED) is 0.754. The van der Waals surface area contributed by atoms with Crippen molar-refractivity contribution in [1.82, 2.24) is 10.2 Å². The van der Waals surface area contributed by atoms with Crippen LogP contribution in [-0.2, 0) is 19.3 Å². The topological polar surface area (TPSA) is 48.2 Å². The van der Waals surface area contributed by atoms with Crippen LogP contribution in [0.1, 0.15) is 17.3 Å². The monoisotopic (exact) mass is 266 g/mol. The Bertz CT molecular complexity index is 482. The van der Waals surface area contributed by atoms with Gasteiger partial charge in [-0.2, -0.15) is 0 Å². The minimum absolute atomic E-state index is 0.500. The molecule has 1 heterocycles. The Kier molecular flexibility index (Phi) is 4.59. The molecule has 0 saturated carbocycles. The van der Waals surface area contributed by atoms with Gasteiger partial charge in [0.15, 0.2) is 0 Å². The predicted octanol–water partition coefficient (Wildman–Crippen LogP) is 2.64. The standard InChI is InChI=1S/C13H15ClN2O2/c1-17-11-5-2-10(3-6-11)4-7-12-15-16-13(18-12)8-9-14/h2-3,5-6H,4,7-9H2,1H3. The molecule has 5 heteroatoms. The number of hydrogen-bond acceptors (Lipinski definition) is 4. The highest BCUT2D eigenvalue weighted by atomic mass is 35.5. The molecule has 0 unspecified atom stereocenters. The number of methoxy groups -OCH3 is 1. The molecule has 0 saturated heterocycles. The van der Waals surface area contributed by atoms with Gasteiger partial charge in [0.25, 0.3) is 0 Å². The Morgan fingerprint density at radius 3 is 2.33 bits per heavy atom. The highest BCUT2D eigenvalue weighted by molar-refractivity contribution is 6.17. The van der Waals surface area contributed by atoms with E-state index in [1.54, 1.807) is 7.11 Å². The van der Waals surface area contributed by atoms with Crippen LogP contribution in [0.15, 0.2) is 28.7 Å². The molecular formula is C13H15ClN2O2. The third kappa shape index (κ3) is 3.47. The molecule has 0 radical (unpaired) electrons. The molecule has 4 nitrogen and oxygen atoms in total. The van der Waals surface area contributed by atoms with E-state index in [1.165, 1.54) is 5.56 Å². The summed E-state index contributed by atoms with van der Waals surface area (Å²) >= 11 is 5.61. The molecule has 96 valence electrons. The fourth-order valence-corrected chi connectivity index (χ4v) is 1.78. The Morgan fingerprint density at radius 2 is 1.72 bits per heavy atom. The molecule has 2 aromatic rings. The van der Waals surface area contributed by atoms with Crippen LogP contribution in [-0.4, -0.2) is 23.2 Å². The number of ether oxygens (including phenoxy) is 1. The summed E-state index contributed by atoms with van der Waals surface area (Å²) in [5.41, 5.74) is 1.22. The summed E-state index contributed by atoms with van der Waals surface area (Å²) in [6.45, 7) is 0. The van der Waals surface area contributed by atoms with E-state index in [2.05, 4.69) is 10.2 Å². The van der Waals surface area contributed by atoms with Crippen molar-refractivity contribution >= 4 is 11.6 Å². The van der Waals surface area contributed by atoms with Gasteiger partial charge in [0.2, 0.25) is 11.8 Å². The van der Waals surface area contributed by atoms with E-state index >= 15 is 0 Å². The lowest BCUT2D eigenvalue weighted by Gasteiger charge is -2.01. The molecule has 0 amide bonds. The number of nitrogens with zero attached hydrogens (tertiary/aromatic N) is 2. The normalized spacial score (nSPS) is 10.6. The van der Waals surface area contributed by atoms with Gasteiger partial charge < -0.3 is 9.15 Å². The van der Waals surface area contributed by atoms with Crippen LogP contribution in [0, 0.1) is 0 Å². The van der Waals surface area contributed by atoms with E-state index in [9.17, 15) is 0 Å². The maximum absolute atomic E-state index is 5.61. The first-order valence-corrected chi connectivity index (χ1v) is 6.35. The fourth-order valence-electron chi connectivity index (χ4n) is 1.61. The first-order valence-electron chi connectivity index (χ1n) is 5.82. The third-order valence-electron chi connectivity index (χ3n) is 2.60. The lowest BCUT2D eigenvalue weighted by atomic mass is 10.1. The highest BCUT2D eigenvalue weighted by Gasteiger charge is 2.05. The number of hydrogen-bond donors (Lipinski definition) is 0. The Hall–Kier alpha value is -1.55. The second kappa shape index (κ2) is 6.40. The van der Waals surface area contributed by atoms with Crippen LogP contribution in [0.5, 0.6) is 5.75 Å². The van der Waals surface area contributed by atoms with Crippen molar-refractivity contribution in [2.45, 2.75) is 19.3 Å². The van der Waals surface area contributed by atoms with Gasteiger partial charge in [-0.25, -0.2) is 0 Å². The Morgan fingerprint density at radius 1 is 1.06 bits per heavy atom. The summed E-state index contributed by atoms with van der Waals surface area (Å²) in [5, 5.41) is 7.91. The van der Waals surface area contributed by atoms with E-state index in [4.69, 9.17) is 20.8 Å². The van der Waals surface area contributed by atoms with Crippen molar-refractivity contribution in [3.63, 3.8) is 0 Å². The Labute approximate surface area is 111 Å². The zero-order valence-electron chi connectivity index (χ0n) is 10.2. The van der Waals surface area contributed by atoms with Crippen molar-refractivity contribution < 1.29 is 9.15 Å². The summed E-state index contributed by atoms with van der Waals surface area (Å²) in [4.78, 5) is 0. The molecule has 18 heavy (non-hydrogen) atoms. The van der Waals surface area contributed by atoms with E-state index < -0.39 is 0 Å². The third-order valence-corrected chi connectivity index (χ3v) is 2.79. The summed E-state index contributed by atoms with van der Waals surface area (Å²) in [7, 11) is 1.66. The molecule has 1 aromatic carbocycles. The lowest BCUT2D eigenvalue weighted by molar-refractivity contribution is 0.414. The minimum atomic E-state index is 0.500. The highest BCUT2D eigenvalue weighted by Crippen LogP contribution is 2.13. The molecular weight excluding hydrogens is 252 g/mol. The Balaban J connectivity index is 1.89. The zero-order chi connectivity index (χ0) is 12.8. The molecule has 0 atom stereocenters. The van der Waals surface area contributed by atoms with Gasteiger partial charge in [0.1, 0.15) is 5.75 Å². The smallest absolute Gasteiger partial charge is 0.217 e. The van der Waals surface area contributed by atoms with Gasteiger partial charge in [-0.15, -0.1) is 21.8 Å². The number of alkyl halides is 1. The van der Waals surface area contributed by atoms with Gasteiger partial charge in [0.05, 0.1) is 7.11 Å². The van der Waals surface area contributed by atoms with Gasteiger partial charge in [-0.05, 0) is 24.1 Å². The molecule has 0 N–H and O–H groups in total. The zero-order valence-corrected chi connectivity index (χ0v) is 11.0. The number of rotatable bonds is 6. The fraction of sp³-hybridized carbons (Fsp3) is 0.385. The van der Waals surface area contributed by atoms with Crippen LogP contribution in [0.2, 0.25) is 0 Å².